The molecule has 2 aromatic rings. The number of amides is 1. The highest BCUT2D eigenvalue weighted by atomic mass is 32.2. The summed E-state index contributed by atoms with van der Waals surface area (Å²) < 4.78 is 27.3. The molecule has 1 heterocycles. The van der Waals surface area contributed by atoms with Crippen LogP contribution in [0.4, 0.5) is 0 Å². The van der Waals surface area contributed by atoms with E-state index in [9.17, 15) is 13.2 Å². The van der Waals surface area contributed by atoms with Crippen molar-refractivity contribution in [3.8, 4) is 0 Å². The number of nitrogens with one attached hydrogen (secondary N) is 2. The Morgan fingerprint density at radius 2 is 1.96 bits per heavy atom. The van der Waals surface area contributed by atoms with Crippen LogP contribution in [0.3, 0.4) is 0 Å². The number of thiophene rings is 1. The predicted molar refractivity (Wildman–Crippen MR) is 107 cm³/mol. The fourth-order valence-corrected chi connectivity index (χ4v) is 5.82. The van der Waals surface area contributed by atoms with E-state index in [4.69, 9.17) is 0 Å². The van der Waals surface area contributed by atoms with E-state index >= 15 is 0 Å². The van der Waals surface area contributed by atoms with E-state index < -0.39 is 10.0 Å². The van der Waals surface area contributed by atoms with Gasteiger partial charge in [-0.15, -0.1) is 11.3 Å². The lowest BCUT2D eigenvalue weighted by atomic mass is 10.2. The molecular weight excluding hydrogens is 388 g/mol. The number of hydrogen-bond acceptors (Lipinski definition) is 5. The standard InChI is InChI=1S/C18H22N2O3S3/c1-13-2-4-14(5-3-13)12-24-11-9-19-18(21)17-16(8-10-25-17)26(22,23)20-15-6-7-15/h2-5,8,10,15,20H,6-7,9,11-12H2,1H3,(H,19,21). The molecule has 3 rings (SSSR count). The highest BCUT2D eigenvalue weighted by Crippen LogP contribution is 2.26. The average Bonchev–Trinajstić information content (AvgIpc) is 3.25. The normalized spacial score (nSPS) is 14.3. The van der Waals surface area contributed by atoms with Crippen LogP contribution in [0.5, 0.6) is 0 Å². The van der Waals surface area contributed by atoms with Crippen LogP contribution in [-0.2, 0) is 15.8 Å². The van der Waals surface area contributed by atoms with Crippen molar-refractivity contribution < 1.29 is 13.2 Å². The lowest BCUT2D eigenvalue weighted by Gasteiger charge is -2.08. The fourth-order valence-electron chi connectivity index (χ4n) is 2.35. The molecular formula is C18H22N2O3S3. The second-order valence-electron chi connectivity index (χ2n) is 6.30. The minimum absolute atomic E-state index is 0.0222. The van der Waals surface area contributed by atoms with E-state index in [1.165, 1.54) is 17.2 Å². The van der Waals surface area contributed by atoms with Crippen molar-refractivity contribution in [1.82, 2.24) is 10.0 Å². The van der Waals surface area contributed by atoms with Gasteiger partial charge in [0.2, 0.25) is 10.0 Å². The van der Waals surface area contributed by atoms with Gasteiger partial charge >= 0.3 is 0 Å². The van der Waals surface area contributed by atoms with E-state index in [2.05, 4.69) is 41.2 Å². The molecule has 0 saturated heterocycles. The summed E-state index contributed by atoms with van der Waals surface area (Å²) in [4.78, 5) is 12.7. The number of carbonyl (C=O) groups is 1. The SMILES string of the molecule is Cc1ccc(CSCCNC(=O)c2sccc2S(=O)(=O)NC2CC2)cc1. The van der Waals surface area contributed by atoms with Gasteiger partial charge in [-0.05, 0) is 36.8 Å². The van der Waals surface area contributed by atoms with E-state index in [0.29, 0.717) is 6.54 Å². The van der Waals surface area contributed by atoms with Gasteiger partial charge in [0.05, 0.1) is 0 Å². The van der Waals surface area contributed by atoms with Crippen LogP contribution in [0.15, 0.2) is 40.6 Å². The van der Waals surface area contributed by atoms with Gasteiger partial charge in [-0.25, -0.2) is 13.1 Å². The van der Waals surface area contributed by atoms with Crippen LogP contribution in [0.25, 0.3) is 0 Å². The summed E-state index contributed by atoms with van der Waals surface area (Å²) in [6.45, 7) is 2.56. The maximum Gasteiger partial charge on any atom is 0.262 e. The smallest absolute Gasteiger partial charge is 0.262 e. The maximum absolute atomic E-state index is 12.3. The summed E-state index contributed by atoms with van der Waals surface area (Å²) >= 11 is 2.89. The van der Waals surface area contributed by atoms with Crippen LogP contribution in [0.2, 0.25) is 0 Å². The molecule has 1 saturated carbocycles. The third kappa shape index (κ3) is 5.33. The second kappa shape index (κ2) is 8.56. The molecule has 0 bridgehead atoms. The quantitative estimate of drug-likeness (QED) is 0.623. The molecule has 0 spiro atoms. The van der Waals surface area contributed by atoms with Gasteiger partial charge < -0.3 is 5.32 Å². The molecule has 1 aliphatic rings. The minimum atomic E-state index is -3.61. The van der Waals surface area contributed by atoms with Gasteiger partial charge in [0.15, 0.2) is 0 Å². The molecule has 1 aromatic carbocycles. The van der Waals surface area contributed by atoms with Crippen molar-refractivity contribution in [1.29, 1.82) is 0 Å². The number of aryl methyl sites for hydroxylation is 1. The van der Waals surface area contributed by atoms with Crippen molar-refractivity contribution in [2.45, 2.75) is 36.5 Å². The molecule has 2 N–H and O–H groups in total. The minimum Gasteiger partial charge on any atom is -0.350 e. The van der Waals surface area contributed by atoms with Crippen molar-refractivity contribution in [2.75, 3.05) is 12.3 Å². The number of carbonyl (C=O) groups excluding carboxylic acids is 1. The van der Waals surface area contributed by atoms with Crippen molar-refractivity contribution in [3.05, 3.63) is 51.7 Å². The Kier molecular flexibility index (Phi) is 6.39. The number of benzene rings is 1. The zero-order valence-corrected chi connectivity index (χ0v) is 17.0. The van der Waals surface area contributed by atoms with Crippen LogP contribution in [-0.4, -0.2) is 32.7 Å². The van der Waals surface area contributed by atoms with Crippen molar-refractivity contribution in [3.63, 3.8) is 0 Å². The highest BCUT2D eigenvalue weighted by molar-refractivity contribution is 7.98. The van der Waals surface area contributed by atoms with E-state index in [0.717, 1.165) is 35.7 Å². The van der Waals surface area contributed by atoms with Crippen molar-refractivity contribution in [2.24, 2.45) is 0 Å². The van der Waals surface area contributed by atoms with E-state index in [1.54, 1.807) is 17.1 Å². The van der Waals surface area contributed by atoms with Crippen LogP contribution in [0.1, 0.15) is 33.6 Å². The van der Waals surface area contributed by atoms with Crippen LogP contribution < -0.4 is 10.0 Å². The van der Waals surface area contributed by atoms with Crippen molar-refractivity contribution >= 4 is 39.0 Å². The van der Waals surface area contributed by atoms with Gasteiger partial charge in [0.1, 0.15) is 9.77 Å². The van der Waals surface area contributed by atoms with Crippen LogP contribution in [0, 0.1) is 6.92 Å². The van der Waals surface area contributed by atoms with Crippen LogP contribution >= 0.6 is 23.1 Å². The number of thioether (sulfide) groups is 1. The Hall–Kier alpha value is -1.35. The lowest BCUT2D eigenvalue weighted by molar-refractivity contribution is 0.0957. The zero-order chi connectivity index (χ0) is 18.6. The summed E-state index contributed by atoms with van der Waals surface area (Å²) in [7, 11) is -3.61. The summed E-state index contributed by atoms with van der Waals surface area (Å²) in [6.07, 6.45) is 1.73. The Morgan fingerprint density at radius 3 is 2.65 bits per heavy atom. The molecule has 8 heteroatoms. The van der Waals surface area contributed by atoms with E-state index in [1.807, 2.05) is 0 Å². The summed E-state index contributed by atoms with van der Waals surface area (Å²) in [5, 5.41) is 4.46. The maximum atomic E-state index is 12.3. The number of sulfonamides is 1. The summed E-state index contributed by atoms with van der Waals surface area (Å²) in [5.41, 5.74) is 2.49. The molecule has 0 atom stereocenters. The molecule has 1 aliphatic carbocycles. The molecule has 0 aliphatic heterocycles. The number of hydrogen-bond donors (Lipinski definition) is 2. The van der Waals surface area contributed by atoms with Gasteiger partial charge in [-0.2, -0.15) is 11.8 Å². The molecule has 1 amide bonds. The Bertz CT molecular complexity index is 856. The first-order valence-electron chi connectivity index (χ1n) is 8.47. The fraction of sp³-hybridized carbons (Fsp3) is 0.389. The van der Waals surface area contributed by atoms with Gasteiger partial charge in [0.25, 0.3) is 5.91 Å². The largest absolute Gasteiger partial charge is 0.350 e. The van der Waals surface area contributed by atoms with Gasteiger partial charge in [-0.1, -0.05) is 29.8 Å². The topological polar surface area (TPSA) is 75.3 Å². The summed E-state index contributed by atoms with van der Waals surface area (Å²) in [6, 6.07) is 9.91. The predicted octanol–water partition coefficient (Wildman–Crippen LogP) is 3.16. The first-order chi connectivity index (χ1) is 12.5. The Morgan fingerprint density at radius 1 is 1.23 bits per heavy atom. The van der Waals surface area contributed by atoms with Gasteiger partial charge in [-0.3, -0.25) is 4.79 Å². The van der Waals surface area contributed by atoms with Gasteiger partial charge in [0, 0.05) is 24.1 Å². The molecule has 5 nitrogen and oxygen atoms in total. The Labute approximate surface area is 162 Å². The Balaban J connectivity index is 1.46. The highest BCUT2D eigenvalue weighted by Gasteiger charge is 2.31. The first kappa shape index (κ1) is 19.4. The molecule has 26 heavy (non-hydrogen) atoms. The molecule has 1 fully saturated rings. The third-order valence-electron chi connectivity index (χ3n) is 3.95. The lowest BCUT2D eigenvalue weighted by Crippen LogP contribution is -2.30. The number of rotatable bonds is 9. The first-order valence-corrected chi connectivity index (χ1v) is 12.0. The molecule has 0 unspecified atom stereocenters. The third-order valence-corrected chi connectivity index (χ3v) is 7.58. The average molecular weight is 411 g/mol. The summed E-state index contributed by atoms with van der Waals surface area (Å²) in [5.74, 6) is 1.33. The van der Waals surface area contributed by atoms with E-state index in [-0.39, 0.29) is 21.7 Å². The molecule has 0 radical (unpaired) electrons. The monoisotopic (exact) mass is 410 g/mol. The second-order valence-corrected chi connectivity index (χ2v) is 10.0. The zero-order valence-electron chi connectivity index (χ0n) is 14.5. The molecule has 1 aromatic heterocycles. The molecule has 140 valence electrons.